The van der Waals surface area contributed by atoms with E-state index in [1.54, 1.807) is 0 Å². The van der Waals surface area contributed by atoms with Crippen molar-refractivity contribution < 1.29 is 0 Å². The Labute approximate surface area is 96.5 Å². The van der Waals surface area contributed by atoms with E-state index in [1.165, 1.54) is 17.0 Å². The van der Waals surface area contributed by atoms with Gasteiger partial charge in [-0.15, -0.1) is 0 Å². The Morgan fingerprint density at radius 3 is 2.56 bits per heavy atom. The maximum Gasteiger partial charge on any atom is 0.0456 e. The summed E-state index contributed by atoms with van der Waals surface area (Å²) in [4.78, 5) is 3.41. The van der Waals surface area contributed by atoms with Gasteiger partial charge in [0.15, 0.2) is 0 Å². The van der Waals surface area contributed by atoms with Crippen molar-refractivity contribution >= 4 is 0 Å². The Bertz CT molecular complexity index is 431. The molecule has 0 saturated heterocycles. The third kappa shape index (κ3) is 2.52. The molecule has 2 nitrogen and oxygen atoms in total. The van der Waals surface area contributed by atoms with E-state index in [9.17, 15) is 0 Å². The quantitative estimate of drug-likeness (QED) is 0.807. The van der Waals surface area contributed by atoms with Crippen molar-refractivity contribution in [1.82, 2.24) is 4.98 Å². The maximum atomic E-state index is 5.93. The van der Waals surface area contributed by atoms with Gasteiger partial charge >= 0.3 is 0 Å². The zero-order chi connectivity index (χ0) is 11.4. The van der Waals surface area contributed by atoms with Gasteiger partial charge in [0, 0.05) is 23.9 Å². The van der Waals surface area contributed by atoms with Gasteiger partial charge in [0.25, 0.3) is 0 Å². The zero-order valence-corrected chi connectivity index (χ0v) is 9.61. The van der Waals surface area contributed by atoms with Crippen LogP contribution in [0.1, 0.15) is 19.0 Å². The van der Waals surface area contributed by atoms with E-state index in [2.05, 4.69) is 36.2 Å². The second-order valence-corrected chi connectivity index (χ2v) is 4.14. The highest BCUT2D eigenvalue weighted by Crippen LogP contribution is 2.18. The van der Waals surface area contributed by atoms with Gasteiger partial charge in [-0.2, -0.15) is 0 Å². The normalized spacial score (nSPS) is 12.6. The standard InChI is InChI=1S/C14H18N2/c1-2-12(15)10-13-8-9-14(16-13)11-6-4-3-5-7-11/h3-9,12,16H,2,10,15H2,1H3. The van der Waals surface area contributed by atoms with Gasteiger partial charge in [-0.1, -0.05) is 37.3 Å². The summed E-state index contributed by atoms with van der Waals surface area (Å²) in [7, 11) is 0. The lowest BCUT2D eigenvalue weighted by Crippen LogP contribution is -2.21. The molecule has 0 radical (unpaired) electrons. The zero-order valence-electron chi connectivity index (χ0n) is 9.61. The van der Waals surface area contributed by atoms with Crippen molar-refractivity contribution in [3.8, 4) is 11.3 Å². The Hall–Kier alpha value is -1.54. The van der Waals surface area contributed by atoms with Crippen LogP contribution in [0.25, 0.3) is 11.3 Å². The Morgan fingerprint density at radius 1 is 1.12 bits per heavy atom. The molecule has 0 aliphatic rings. The fourth-order valence-electron chi connectivity index (χ4n) is 1.77. The van der Waals surface area contributed by atoms with Crippen LogP contribution in [-0.2, 0) is 6.42 Å². The number of aromatic amines is 1. The average Bonchev–Trinajstić information content (AvgIpc) is 2.78. The van der Waals surface area contributed by atoms with E-state index in [4.69, 9.17) is 5.73 Å². The minimum absolute atomic E-state index is 0.252. The molecule has 0 aliphatic carbocycles. The molecule has 2 aromatic rings. The molecule has 0 fully saturated rings. The Morgan fingerprint density at radius 2 is 1.88 bits per heavy atom. The number of nitrogens with two attached hydrogens (primary N) is 1. The second kappa shape index (κ2) is 4.99. The molecule has 0 amide bonds. The van der Waals surface area contributed by atoms with Crippen LogP contribution in [0.3, 0.4) is 0 Å². The van der Waals surface area contributed by atoms with Gasteiger partial charge in [0.1, 0.15) is 0 Å². The average molecular weight is 214 g/mol. The van der Waals surface area contributed by atoms with Gasteiger partial charge < -0.3 is 10.7 Å². The minimum atomic E-state index is 0.252. The molecule has 1 aromatic heterocycles. The lowest BCUT2D eigenvalue weighted by Gasteiger charge is -2.06. The molecule has 1 heterocycles. The Kier molecular flexibility index (Phi) is 3.42. The monoisotopic (exact) mass is 214 g/mol. The van der Waals surface area contributed by atoms with Crippen molar-refractivity contribution in [2.75, 3.05) is 0 Å². The number of hydrogen-bond donors (Lipinski definition) is 2. The highest BCUT2D eigenvalue weighted by molar-refractivity contribution is 5.59. The topological polar surface area (TPSA) is 41.8 Å². The molecule has 84 valence electrons. The largest absolute Gasteiger partial charge is 0.358 e. The van der Waals surface area contributed by atoms with E-state index >= 15 is 0 Å². The van der Waals surface area contributed by atoms with E-state index in [0.29, 0.717) is 0 Å². The summed E-state index contributed by atoms with van der Waals surface area (Å²) in [6.45, 7) is 2.12. The van der Waals surface area contributed by atoms with Crippen LogP contribution in [-0.4, -0.2) is 11.0 Å². The summed E-state index contributed by atoms with van der Waals surface area (Å²) >= 11 is 0. The fraction of sp³-hybridized carbons (Fsp3) is 0.286. The number of hydrogen-bond acceptors (Lipinski definition) is 1. The first-order valence-corrected chi connectivity index (χ1v) is 5.78. The van der Waals surface area contributed by atoms with E-state index < -0.39 is 0 Å². The molecule has 3 N–H and O–H groups in total. The Balaban J connectivity index is 2.14. The van der Waals surface area contributed by atoms with Crippen molar-refractivity contribution in [2.24, 2.45) is 5.73 Å². The molecule has 0 bridgehead atoms. The van der Waals surface area contributed by atoms with Gasteiger partial charge in [0.2, 0.25) is 0 Å². The minimum Gasteiger partial charge on any atom is -0.358 e. The molecule has 16 heavy (non-hydrogen) atoms. The smallest absolute Gasteiger partial charge is 0.0456 e. The molecule has 0 spiro atoms. The summed E-state index contributed by atoms with van der Waals surface area (Å²) in [5.41, 5.74) is 9.54. The highest BCUT2D eigenvalue weighted by Gasteiger charge is 2.04. The molecule has 2 heteroatoms. The first-order chi connectivity index (χ1) is 7.79. The van der Waals surface area contributed by atoms with Gasteiger partial charge in [-0.05, 0) is 24.1 Å². The van der Waals surface area contributed by atoms with Gasteiger partial charge in [-0.25, -0.2) is 0 Å². The lowest BCUT2D eigenvalue weighted by atomic mass is 10.1. The lowest BCUT2D eigenvalue weighted by molar-refractivity contribution is 0.639. The molecule has 2 rings (SSSR count). The number of H-pyrrole nitrogens is 1. The molecular weight excluding hydrogens is 196 g/mol. The summed E-state index contributed by atoms with van der Waals surface area (Å²) < 4.78 is 0. The second-order valence-electron chi connectivity index (χ2n) is 4.14. The number of nitrogens with one attached hydrogen (secondary N) is 1. The maximum absolute atomic E-state index is 5.93. The van der Waals surface area contributed by atoms with Gasteiger partial charge in [0.05, 0.1) is 0 Å². The van der Waals surface area contributed by atoms with Crippen molar-refractivity contribution in [2.45, 2.75) is 25.8 Å². The summed E-state index contributed by atoms with van der Waals surface area (Å²) in [5.74, 6) is 0. The predicted molar refractivity (Wildman–Crippen MR) is 68.2 cm³/mol. The van der Waals surface area contributed by atoms with Crippen LogP contribution in [0, 0.1) is 0 Å². The van der Waals surface area contributed by atoms with Crippen molar-refractivity contribution in [3.05, 3.63) is 48.2 Å². The van der Waals surface area contributed by atoms with Crippen LogP contribution >= 0.6 is 0 Å². The molecule has 1 atom stereocenters. The third-order valence-electron chi connectivity index (χ3n) is 2.84. The number of benzene rings is 1. The summed E-state index contributed by atoms with van der Waals surface area (Å²) in [6.07, 6.45) is 1.93. The first kappa shape index (κ1) is 11.0. The van der Waals surface area contributed by atoms with E-state index in [-0.39, 0.29) is 6.04 Å². The van der Waals surface area contributed by atoms with Crippen molar-refractivity contribution in [1.29, 1.82) is 0 Å². The fourth-order valence-corrected chi connectivity index (χ4v) is 1.77. The summed E-state index contributed by atoms with van der Waals surface area (Å²) in [6, 6.07) is 14.8. The van der Waals surface area contributed by atoms with Crippen LogP contribution in [0.5, 0.6) is 0 Å². The molecule has 1 unspecified atom stereocenters. The number of aromatic nitrogens is 1. The predicted octanol–water partition coefficient (Wildman–Crippen LogP) is 2.96. The van der Waals surface area contributed by atoms with Crippen LogP contribution < -0.4 is 5.73 Å². The first-order valence-electron chi connectivity index (χ1n) is 5.78. The molecule has 0 aliphatic heterocycles. The molecular formula is C14H18N2. The van der Waals surface area contributed by atoms with E-state index in [1.807, 2.05) is 18.2 Å². The highest BCUT2D eigenvalue weighted by atomic mass is 14.7. The summed E-state index contributed by atoms with van der Waals surface area (Å²) in [5, 5.41) is 0. The van der Waals surface area contributed by atoms with Crippen LogP contribution in [0.4, 0.5) is 0 Å². The van der Waals surface area contributed by atoms with E-state index in [0.717, 1.165) is 12.8 Å². The number of rotatable bonds is 4. The van der Waals surface area contributed by atoms with Gasteiger partial charge in [-0.3, -0.25) is 0 Å². The van der Waals surface area contributed by atoms with Crippen LogP contribution in [0.15, 0.2) is 42.5 Å². The van der Waals surface area contributed by atoms with Crippen LogP contribution in [0.2, 0.25) is 0 Å². The SMILES string of the molecule is CCC(N)Cc1ccc(-c2ccccc2)[nH]1. The molecule has 0 saturated carbocycles. The third-order valence-corrected chi connectivity index (χ3v) is 2.84. The molecule has 1 aromatic carbocycles. The van der Waals surface area contributed by atoms with Crippen molar-refractivity contribution in [3.63, 3.8) is 0 Å².